The van der Waals surface area contributed by atoms with Crippen molar-refractivity contribution >= 4 is 11.9 Å². The fraction of sp³-hybridized carbons (Fsp3) is 0.500. The number of benzene rings is 1. The normalized spacial score (nSPS) is 20.1. The number of nitrogens with zero attached hydrogens (tertiary/aromatic N) is 2. The van der Waals surface area contributed by atoms with Gasteiger partial charge in [-0.15, -0.1) is 0 Å². The number of amides is 1. The Balaban J connectivity index is 1.75. The van der Waals surface area contributed by atoms with Crippen LogP contribution in [-0.2, 0) is 4.74 Å². The van der Waals surface area contributed by atoms with Crippen LogP contribution in [0, 0.1) is 0 Å². The first-order valence-electron chi connectivity index (χ1n) is 9.29. The van der Waals surface area contributed by atoms with Gasteiger partial charge < -0.3 is 20.1 Å². The van der Waals surface area contributed by atoms with Crippen molar-refractivity contribution in [3.05, 3.63) is 29.8 Å². The number of methoxy groups -OCH3 is 1. The largest absolute Gasteiger partial charge is 0.496 e. The molecular formula is C20H27FN4O3. The van der Waals surface area contributed by atoms with E-state index < -0.39 is 17.9 Å². The van der Waals surface area contributed by atoms with Gasteiger partial charge in [0.1, 0.15) is 23.3 Å². The highest BCUT2D eigenvalue weighted by Gasteiger charge is 2.34. The van der Waals surface area contributed by atoms with E-state index in [0.29, 0.717) is 24.5 Å². The average molecular weight is 390 g/mol. The van der Waals surface area contributed by atoms with Crippen molar-refractivity contribution in [1.82, 2.24) is 15.1 Å². The maximum absolute atomic E-state index is 14.9. The van der Waals surface area contributed by atoms with Crippen molar-refractivity contribution < 1.29 is 18.7 Å². The van der Waals surface area contributed by atoms with E-state index in [9.17, 15) is 9.18 Å². The van der Waals surface area contributed by atoms with Gasteiger partial charge in [0.2, 0.25) is 0 Å². The molecule has 1 saturated heterocycles. The summed E-state index contributed by atoms with van der Waals surface area (Å²) in [5.74, 6) is 0.691. The lowest BCUT2D eigenvalue weighted by Crippen LogP contribution is -2.46. The number of piperidine rings is 1. The molecule has 1 aromatic carbocycles. The Morgan fingerprint density at radius 2 is 2.11 bits per heavy atom. The van der Waals surface area contributed by atoms with Gasteiger partial charge >= 0.3 is 6.09 Å². The van der Waals surface area contributed by atoms with Gasteiger partial charge in [-0.1, -0.05) is 6.07 Å². The van der Waals surface area contributed by atoms with Crippen LogP contribution in [0.2, 0.25) is 0 Å². The van der Waals surface area contributed by atoms with Crippen molar-refractivity contribution in [2.75, 3.05) is 25.9 Å². The zero-order valence-corrected chi connectivity index (χ0v) is 16.7. The predicted octanol–water partition coefficient (Wildman–Crippen LogP) is 3.73. The minimum absolute atomic E-state index is 0.0146. The molecule has 152 valence electrons. The van der Waals surface area contributed by atoms with Crippen LogP contribution in [0.3, 0.4) is 0 Å². The molecule has 1 aliphatic rings. The number of nitrogens with one attached hydrogen (secondary N) is 1. The molecule has 1 fully saturated rings. The highest BCUT2D eigenvalue weighted by atomic mass is 19.1. The van der Waals surface area contributed by atoms with E-state index in [1.54, 1.807) is 33.9 Å². The first-order chi connectivity index (χ1) is 13.2. The van der Waals surface area contributed by atoms with Crippen LogP contribution in [0.5, 0.6) is 5.75 Å². The molecule has 2 unspecified atom stereocenters. The third-order valence-electron chi connectivity index (χ3n) is 4.73. The minimum Gasteiger partial charge on any atom is -0.496 e. The van der Waals surface area contributed by atoms with Crippen LogP contribution in [0.25, 0.3) is 11.3 Å². The molecule has 2 heterocycles. The summed E-state index contributed by atoms with van der Waals surface area (Å²) < 4.78 is 25.8. The van der Waals surface area contributed by atoms with Gasteiger partial charge in [0.25, 0.3) is 0 Å². The molecule has 0 saturated carbocycles. The van der Waals surface area contributed by atoms with Gasteiger partial charge in [0, 0.05) is 24.1 Å². The van der Waals surface area contributed by atoms with Crippen LogP contribution in [-0.4, -0.2) is 53.2 Å². The Labute approximate surface area is 164 Å². The smallest absolute Gasteiger partial charge is 0.410 e. The SMILES string of the molecule is COc1cc(C2CCN(C(=O)OC(C)(C)C)CC2F)ccc1-c1cc(N)n[nH]1. The highest BCUT2D eigenvalue weighted by molar-refractivity contribution is 5.70. The Hall–Kier alpha value is -2.77. The quantitative estimate of drug-likeness (QED) is 0.833. The maximum atomic E-state index is 14.9. The standard InChI is InChI=1S/C20H27FN4O3/c1-20(2,3)28-19(26)25-8-7-13(15(21)11-25)12-5-6-14(17(9-12)27-4)16-10-18(22)24-23-16/h5-6,9-10,13,15H,7-8,11H2,1-4H3,(H3,22,23,24). The van der Waals surface area contributed by atoms with E-state index in [4.69, 9.17) is 15.2 Å². The summed E-state index contributed by atoms with van der Waals surface area (Å²) in [7, 11) is 1.57. The number of hydrogen-bond acceptors (Lipinski definition) is 5. The first kappa shape index (κ1) is 20.0. The lowest BCUT2D eigenvalue weighted by Gasteiger charge is -2.36. The van der Waals surface area contributed by atoms with E-state index in [-0.39, 0.29) is 12.5 Å². The minimum atomic E-state index is -1.18. The topological polar surface area (TPSA) is 93.5 Å². The number of anilines is 1. The van der Waals surface area contributed by atoms with Gasteiger partial charge in [0.15, 0.2) is 0 Å². The second-order valence-electron chi connectivity index (χ2n) is 8.00. The van der Waals surface area contributed by atoms with Gasteiger partial charge in [-0.05, 0) is 44.9 Å². The van der Waals surface area contributed by atoms with Crippen molar-refractivity contribution in [2.24, 2.45) is 0 Å². The number of carbonyl (C=O) groups excluding carboxylic acids is 1. The maximum Gasteiger partial charge on any atom is 0.410 e. The average Bonchev–Trinajstić information content (AvgIpc) is 3.06. The molecule has 0 radical (unpaired) electrons. The van der Waals surface area contributed by atoms with E-state index in [1.165, 1.54) is 4.90 Å². The third kappa shape index (κ3) is 4.37. The Morgan fingerprint density at radius 1 is 1.36 bits per heavy atom. The summed E-state index contributed by atoms with van der Waals surface area (Å²) in [6, 6.07) is 7.31. The number of rotatable bonds is 3. The molecule has 0 spiro atoms. The molecule has 0 aliphatic carbocycles. The summed E-state index contributed by atoms with van der Waals surface area (Å²) in [6.45, 7) is 5.85. The number of ether oxygens (including phenoxy) is 2. The van der Waals surface area contributed by atoms with Crippen molar-refractivity contribution in [3.63, 3.8) is 0 Å². The zero-order valence-electron chi connectivity index (χ0n) is 16.7. The fourth-order valence-corrected chi connectivity index (χ4v) is 3.41. The molecule has 1 aromatic heterocycles. The van der Waals surface area contributed by atoms with Crippen LogP contribution >= 0.6 is 0 Å². The van der Waals surface area contributed by atoms with Crippen molar-refractivity contribution in [3.8, 4) is 17.0 Å². The number of likely N-dealkylation sites (tertiary alicyclic amines) is 1. The van der Waals surface area contributed by atoms with Crippen LogP contribution < -0.4 is 10.5 Å². The van der Waals surface area contributed by atoms with E-state index in [0.717, 1.165) is 16.8 Å². The summed E-state index contributed by atoms with van der Waals surface area (Å²) in [5, 5.41) is 6.78. The molecular weight excluding hydrogens is 363 g/mol. The number of hydrogen-bond donors (Lipinski definition) is 2. The number of aromatic amines is 1. The number of halogens is 1. The van der Waals surface area contributed by atoms with Crippen LogP contribution in [0.1, 0.15) is 38.7 Å². The monoisotopic (exact) mass is 390 g/mol. The Kier molecular flexibility index (Phi) is 5.49. The van der Waals surface area contributed by atoms with Gasteiger partial charge in [-0.3, -0.25) is 5.10 Å². The van der Waals surface area contributed by atoms with Gasteiger partial charge in [0.05, 0.1) is 19.3 Å². The van der Waals surface area contributed by atoms with Crippen LogP contribution in [0.15, 0.2) is 24.3 Å². The molecule has 8 heteroatoms. The molecule has 1 aliphatic heterocycles. The Bertz CT molecular complexity index is 846. The molecule has 2 atom stereocenters. The summed E-state index contributed by atoms with van der Waals surface area (Å²) in [4.78, 5) is 13.6. The molecule has 2 aromatic rings. The number of aromatic nitrogens is 2. The molecule has 1 amide bonds. The second-order valence-corrected chi connectivity index (χ2v) is 8.00. The van der Waals surface area contributed by atoms with Gasteiger partial charge in [-0.25, -0.2) is 9.18 Å². The van der Waals surface area contributed by atoms with Crippen LogP contribution in [0.4, 0.5) is 15.0 Å². The molecule has 0 bridgehead atoms. The lowest BCUT2D eigenvalue weighted by atomic mass is 9.87. The number of alkyl halides is 1. The summed E-state index contributed by atoms with van der Waals surface area (Å²) in [5.41, 5.74) is 7.45. The number of nitrogens with two attached hydrogens (primary N) is 1. The molecule has 7 nitrogen and oxygen atoms in total. The lowest BCUT2D eigenvalue weighted by molar-refractivity contribution is 0.0111. The third-order valence-corrected chi connectivity index (χ3v) is 4.73. The zero-order chi connectivity index (χ0) is 20.5. The highest BCUT2D eigenvalue weighted by Crippen LogP contribution is 2.37. The van der Waals surface area contributed by atoms with Crippen molar-refractivity contribution in [2.45, 2.75) is 44.9 Å². The van der Waals surface area contributed by atoms with E-state index in [2.05, 4.69) is 10.2 Å². The number of carbonyl (C=O) groups is 1. The van der Waals surface area contributed by atoms with E-state index in [1.807, 2.05) is 18.2 Å². The number of nitrogen functional groups attached to an aromatic ring is 1. The Morgan fingerprint density at radius 3 is 2.68 bits per heavy atom. The van der Waals surface area contributed by atoms with Gasteiger partial charge in [-0.2, -0.15) is 5.10 Å². The molecule has 3 N–H and O–H groups in total. The number of H-pyrrole nitrogens is 1. The molecule has 28 heavy (non-hydrogen) atoms. The fourth-order valence-electron chi connectivity index (χ4n) is 3.41. The summed E-state index contributed by atoms with van der Waals surface area (Å²) in [6.07, 6.45) is -1.14. The van der Waals surface area contributed by atoms with Crippen molar-refractivity contribution in [1.29, 1.82) is 0 Å². The summed E-state index contributed by atoms with van der Waals surface area (Å²) >= 11 is 0. The second kappa shape index (κ2) is 7.69. The van der Waals surface area contributed by atoms with E-state index >= 15 is 0 Å². The predicted molar refractivity (Wildman–Crippen MR) is 105 cm³/mol. The first-order valence-corrected chi connectivity index (χ1v) is 9.29. The molecule has 3 rings (SSSR count).